The molecule has 1 unspecified atom stereocenters. The molecule has 1 aliphatic rings. The van der Waals surface area contributed by atoms with Gasteiger partial charge in [0.05, 0.1) is 6.04 Å². The van der Waals surface area contributed by atoms with Crippen molar-refractivity contribution in [2.24, 2.45) is 5.92 Å². The normalized spacial score (nSPS) is 20.7. The number of nitrogens with zero attached hydrogens (tertiary/aromatic N) is 1. The molecular weight excluding hydrogens is 316 g/mol. The van der Waals surface area contributed by atoms with E-state index in [9.17, 15) is 18.0 Å². The number of hydrogen-bond donors (Lipinski definition) is 1. The van der Waals surface area contributed by atoms with E-state index in [2.05, 4.69) is 18.6 Å². The van der Waals surface area contributed by atoms with Crippen LogP contribution >= 0.6 is 0 Å². The van der Waals surface area contributed by atoms with Gasteiger partial charge in [0.25, 0.3) is 10.2 Å². The van der Waals surface area contributed by atoms with Crippen molar-refractivity contribution in [3.63, 3.8) is 0 Å². The lowest BCUT2D eigenvalue weighted by molar-refractivity contribution is -0.109. The molecule has 1 aliphatic heterocycles. The van der Waals surface area contributed by atoms with E-state index in [1.54, 1.807) is 24.3 Å². The van der Waals surface area contributed by atoms with Gasteiger partial charge in [-0.05, 0) is 17.9 Å². The smallest absolute Gasteiger partial charge is 0.280 e. The first-order valence-corrected chi connectivity index (χ1v) is 9.10. The molecule has 0 spiro atoms. The van der Waals surface area contributed by atoms with Crippen molar-refractivity contribution >= 4 is 22.3 Å². The minimum Gasteiger partial charge on any atom is -0.302 e. The fourth-order valence-corrected chi connectivity index (χ4v) is 3.74. The average molecular weight is 338 g/mol. The summed E-state index contributed by atoms with van der Waals surface area (Å²) in [6, 6.07) is 6.27. The number of aldehydes is 1. The number of ketones is 1. The van der Waals surface area contributed by atoms with Gasteiger partial charge in [0.2, 0.25) is 0 Å². The average Bonchev–Trinajstić information content (AvgIpc) is 2.80. The summed E-state index contributed by atoms with van der Waals surface area (Å²) in [5.41, 5.74) is 1.42. The van der Waals surface area contributed by atoms with Crippen LogP contribution in [0.4, 0.5) is 0 Å². The Hall–Kier alpha value is -1.57. The Bertz CT molecular complexity index is 668. The van der Waals surface area contributed by atoms with Crippen LogP contribution in [0.25, 0.3) is 0 Å². The Balaban J connectivity index is 2.00. The third kappa shape index (κ3) is 4.70. The van der Waals surface area contributed by atoms with E-state index in [-0.39, 0.29) is 18.9 Å². The highest BCUT2D eigenvalue weighted by atomic mass is 32.2. The first kappa shape index (κ1) is 17.8. The van der Waals surface area contributed by atoms with E-state index in [1.165, 1.54) is 4.31 Å². The van der Waals surface area contributed by atoms with Gasteiger partial charge in [-0.3, -0.25) is 4.79 Å². The minimum absolute atomic E-state index is 0.0988. The summed E-state index contributed by atoms with van der Waals surface area (Å²) in [6.07, 6.45) is 1.96. The van der Waals surface area contributed by atoms with Gasteiger partial charge in [0, 0.05) is 25.1 Å². The molecular formula is C16H22N2O4S. The highest BCUT2D eigenvalue weighted by molar-refractivity contribution is 7.87. The van der Waals surface area contributed by atoms with Gasteiger partial charge in [0.1, 0.15) is 6.29 Å². The predicted octanol–water partition coefficient (Wildman–Crippen LogP) is 1.52. The topological polar surface area (TPSA) is 83.6 Å². The monoisotopic (exact) mass is 338 g/mol. The summed E-state index contributed by atoms with van der Waals surface area (Å²) in [7, 11) is -3.61. The number of hydrogen-bond acceptors (Lipinski definition) is 4. The molecule has 1 aromatic rings. The molecule has 23 heavy (non-hydrogen) atoms. The lowest BCUT2D eigenvalue weighted by Crippen LogP contribution is -2.30. The molecule has 1 heterocycles. The molecule has 1 N–H and O–H groups in total. The number of rotatable bonds is 7. The van der Waals surface area contributed by atoms with Gasteiger partial charge >= 0.3 is 0 Å². The first-order chi connectivity index (χ1) is 10.8. The molecule has 0 aliphatic carbocycles. The van der Waals surface area contributed by atoms with Crippen molar-refractivity contribution < 1.29 is 18.0 Å². The van der Waals surface area contributed by atoms with Gasteiger partial charge < -0.3 is 4.79 Å². The van der Waals surface area contributed by atoms with E-state index in [4.69, 9.17) is 0 Å². The van der Waals surface area contributed by atoms with Crippen molar-refractivity contribution in [2.45, 2.75) is 39.3 Å². The molecule has 0 radical (unpaired) electrons. The molecule has 2 rings (SSSR count). The maximum absolute atomic E-state index is 12.0. The van der Waals surface area contributed by atoms with E-state index in [1.807, 2.05) is 0 Å². The van der Waals surface area contributed by atoms with Crippen LogP contribution in [-0.4, -0.2) is 37.4 Å². The quantitative estimate of drug-likeness (QED) is 0.603. The van der Waals surface area contributed by atoms with Gasteiger partial charge in [0.15, 0.2) is 5.78 Å². The second-order valence-electron chi connectivity index (χ2n) is 6.21. The highest BCUT2D eigenvalue weighted by Crippen LogP contribution is 2.16. The van der Waals surface area contributed by atoms with Crippen LogP contribution in [0.1, 0.15) is 42.6 Å². The number of carbonyl (C=O) groups is 2. The largest absolute Gasteiger partial charge is 0.302 e. The van der Waals surface area contributed by atoms with E-state index >= 15 is 0 Å². The van der Waals surface area contributed by atoms with Crippen LogP contribution in [0.2, 0.25) is 0 Å². The zero-order chi connectivity index (χ0) is 17.0. The van der Waals surface area contributed by atoms with E-state index in [0.29, 0.717) is 24.2 Å². The summed E-state index contributed by atoms with van der Waals surface area (Å²) in [5, 5.41) is 0. The third-order valence-corrected chi connectivity index (χ3v) is 5.35. The van der Waals surface area contributed by atoms with Crippen molar-refractivity contribution in [2.75, 3.05) is 6.54 Å². The summed E-state index contributed by atoms with van der Waals surface area (Å²) in [4.78, 5) is 22.8. The van der Waals surface area contributed by atoms with Crippen LogP contribution in [0, 0.1) is 5.92 Å². The van der Waals surface area contributed by atoms with Crippen LogP contribution in [0.15, 0.2) is 24.3 Å². The predicted molar refractivity (Wildman–Crippen MR) is 87.2 cm³/mol. The minimum atomic E-state index is -3.61. The van der Waals surface area contributed by atoms with Crippen molar-refractivity contribution in [3.05, 3.63) is 35.4 Å². The summed E-state index contributed by atoms with van der Waals surface area (Å²) >= 11 is 0. The Labute approximate surface area is 137 Å². The van der Waals surface area contributed by atoms with Gasteiger partial charge in [-0.1, -0.05) is 38.1 Å². The number of carbonyl (C=O) groups excluding carboxylic acids is 2. The van der Waals surface area contributed by atoms with Crippen LogP contribution in [-0.2, 0) is 21.5 Å². The molecule has 0 aromatic heterocycles. The SMILES string of the molecule is CC(C)CCC(=O)c1ccc(CN2CC(C=O)NS2(=O)=O)cc1. The molecule has 7 heteroatoms. The number of nitrogens with one attached hydrogen (secondary N) is 1. The molecule has 0 bridgehead atoms. The Kier molecular flexibility index (Phi) is 5.67. The van der Waals surface area contributed by atoms with Gasteiger partial charge in [-0.25, -0.2) is 0 Å². The molecule has 6 nitrogen and oxygen atoms in total. The van der Waals surface area contributed by atoms with Gasteiger partial charge in [-0.2, -0.15) is 17.4 Å². The van der Waals surface area contributed by atoms with E-state index in [0.717, 1.165) is 12.0 Å². The summed E-state index contributed by atoms with van der Waals surface area (Å²) in [5.74, 6) is 0.582. The number of Topliss-reactive ketones (excluding diaryl/α,β-unsaturated/α-hetero) is 1. The van der Waals surface area contributed by atoms with Crippen LogP contribution in [0.5, 0.6) is 0 Å². The fourth-order valence-electron chi connectivity index (χ4n) is 2.40. The van der Waals surface area contributed by atoms with Crippen molar-refractivity contribution in [1.29, 1.82) is 0 Å². The summed E-state index contributed by atoms with van der Waals surface area (Å²) in [6.45, 7) is 4.46. The molecule has 1 fully saturated rings. The lowest BCUT2D eigenvalue weighted by Gasteiger charge is -2.13. The standard InChI is InChI=1S/C16H22N2O4S/c1-12(2)3-8-16(20)14-6-4-13(5-7-14)9-18-10-15(11-19)17-23(18,21)22/h4-7,11-12,15,17H,3,8-10H2,1-2H3. The summed E-state index contributed by atoms with van der Waals surface area (Å²) < 4.78 is 27.2. The second-order valence-corrected chi connectivity index (χ2v) is 7.91. The molecule has 1 aromatic carbocycles. The molecule has 126 valence electrons. The Morgan fingerprint density at radius 2 is 2.00 bits per heavy atom. The highest BCUT2D eigenvalue weighted by Gasteiger charge is 2.34. The van der Waals surface area contributed by atoms with Gasteiger partial charge in [-0.15, -0.1) is 0 Å². The van der Waals surface area contributed by atoms with Crippen LogP contribution < -0.4 is 4.72 Å². The molecule has 1 saturated heterocycles. The molecule has 0 amide bonds. The van der Waals surface area contributed by atoms with Crippen molar-refractivity contribution in [3.8, 4) is 0 Å². The van der Waals surface area contributed by atoms with Crippen molar-refractivity contribution in [1.82, 2.24) is 9.03 Å². The van der Waals surface area contributed by atoms with E-state index < -0.39 is 16.3 Å². The lowest BCUT2D eigenvalue weighted by atomic mass is 10.0. The zero-order valence-electron chi connectivity index (χ0n) is 13.4. The third-order valence-electron chi connectivity index (χ3n) is 3.79. The Morgan fingerprint density at radius 1 is 1.35 bits per heavy atom. The zero-order valence-corrected chi connectivity index (χ0v) is 14.2. The molecule has 1 atom stereocenters. The number of benzene rings is 1. The molecule has 0 saturated carbocycles. The van der Waals surface area contributed by atoms with Crippen LogP contribution in [0.3, 0.4) is 0 Å². The first-order valence-electron chi connectivity index (χ1n) is 7.66. The maximum Gasteiger partial charge on any atom is 0.280 e. The Morgan fingerprint density at radius 3 is 2.52 bits per heavy atom. The maximum atomic E-state index is 12.0. The fraction of sp³-hybridized carbons (Fsp3) is 0.500. The second kappa shape index (κ2) is 7.33.